The second-order valence-corrected chi connectivity index (χ2v) is 9.32. The van der Waals surface area contributed by atoms with Gasteiger partial charge in [0.1, 0.15) is 11.4 Å². The Hall–Kier alpha value is -2.91. The standard InChI is InChI=1S/C21H21ClFN3O4S/c1-3-4-9-24-21(28)16-12-25-18-7-6-14(11-15(18)20(16)27)31(29,30)26(2)19-8-5-13(22)10-17(19)23/h5-8,10-12H,3-4,9H2,1-2H3,(H,24,28)(H,25,27). The van der Waals surface area contributed by atoms with Gasteiger partial charge in [-0.2, -0.15) is 0 Å². The molecule has 2 N–H and O–H groups in total. The summed E-state index contributed by atoms with van der Waals surface area (Å²) in [5, 5.41) is 2.83. The smallest absolute Gasteiger partial charge is 0.264 e. The first-order chi connectivity index (χ1) is 14.7. The molecule has 0 aliphatic rings. The van der Waals surface area contributed by atoms with Gasteiger partial charge in [0, 0.05) is 35.7 Å². The van der Waals surface area contributed by atoms with Crippen LogP contribution in [-0.2, 0) is 10.0 Å². The van der Waals surface area contributed by atoms with Crippen molar-refractivity contribution in [2.24, 2.45) is 0 Å². The Kier molecular flexibility index (Phi) is 6.66. The molecule has 0 aliphatic carbocycles. The molecule has 1 aromatic heterocycles. The van der Waals surface area contributed by atoms with Crippen molar-refractivity contribution < 1.29 is 17.6 Å². The summed E-state index contributed by atoms with van der Waals surface area (Å²) in [6, 6.07) is 7.55. The monoisotopic (exact) mass is 465 g/mol. The average molecular weight is 466 g/mol. The summed E-state index contributed by atoms with van der Waals surface area (Å²) in [5.74, 6) is -1.34. The summed E-state index contributed by atoms with van der Waals surface area (Å²) < 4.78 is 41.1. The van der Waals surface area contributed by atoms with Gasteiger partial charge < -0.3 is 10.3 Å². The van der Waals surface area contributed by atoms with Crippen LogP contribution in [0.1, 0.15) is 30.1 Å². The van der Waals surface area contributed by atoms with E-state index in [2.05, 4.69) is 10.3 Å². The molecule has 7 nitrogen and oxygen atoms in total. The molecule has 10 heteroatoms. The first-order valence-electron chi connectivity index (χ1n) is 9.54. The second-order valence-electron chi connectivity index (χ2n) is 6.92. The Morgan fingerprint density at radius 3 is 2.65 bits per heavy atom. The number of pyridine rings is 1. The molecule has 0 aliphatic heterocycles. The molecule has 0 spiro atoms. The van der Waals surface area contributed by atoms with Crippen LogP contribution in [0.5, 0.6) is 0 Å². The number of aromatic nitrogens is 1. The van der Waals surface area contributed by atoms with Crippen molar-refractivity contribution in [3.63, 3.8) is 0 Å². The molecule has 0 unspecified atom stereocenters. The first-order valence-corrected chi connectivity index (χ1v) is 11.4. The third-order valence-corrected chi connectivity index (χ3v) is 6.82. The molecule has 164 valence electrons. The van der Waals surface area contributed by atoms with Gasteiger partial charge in [-0.25, -0.2) is 12.8 Å². The summed E-state index contributed by atoms with van der Waals surface area (Å²) in [4.78, 5) is 27.8. The van der Waals surface area contributed by atoms with Gasteiger partial charge in [0.15, 0.2) is 0 Å². The van der Waals surface area contributed by atoms with Gasteiger partial charge in [-0.15, -0.1) is 0 Å². The Balaban J connectivity index is 2.03. The molecule has 2 aromatic carbocycles. The molecule has 1 heterocycles. The molecule has 0 saturated heterocycles. The maximum Gasteiger partial charge on any atom is 0.264 e. The normalized spacial score (nSPS) is 11.5. The minimum Gasteiger partial charge on any atom is -0.360 e. The van der Waals surface area contributed by atoms with Crippen LogP contribution in [0.4, 0.5) is 10.1 Å². The molecule has 0 atom stereocenters. The number of H-pyrrole nitrogens is 1. The van der Waals surface area contributed by atoms with Crippen LogP contribution in [0.15, 0.2) is 52.3 Å². The third kappa shape index (κ3) is 4.57. The van der Waals surface area contributed by atoms with E-state index in [4.69, 9.17) is 11.6 Å². The number of unbranched alkanes of at least 4 members (excludes halogenated alkanes) is 1. The molecule has 0 saturated carbocycles. The fourth-order valence-corrected chi connectivity index (χ4v) is 4.41. The number of nitrogens with zero attached hydrogens (tertiary/aromatic N) is 1. The molecule has 0 bridgehead atoms. The van der Waals surface area contributed by atoms with Crippen molar-refractivity contribution in [2.45, 2.75) is 24.7 Å². The quantitative estimate of drug-likeness (QED) is 0.520. The van der Waals surface area contributed by atoms with Gasteiger partial charge >= 0.3 is 0 Å². The van der Waals surface area contributed by atoms with Crippen LogP contribution in [-0.4, -0.2) is 32.9 Å². The van der Waals surface area contributed by atoms with E-state index in [9.17, 15) is 22.4 Å². The van der Waals surface area contributed by atoms with Crippen molar-refractivity contribution in [3.8, 4) is 0 Å². The Labute approximate surface area is 183 Å². The number of carbonyl (C=O) groups is 1. The van der Waals surface area contributed by atoms with E-state index in [1.165, 1.54) is 43.6 Å². The van der Waals surface area contributed by atoms with Crippen molar-refractivity contribution in [3.05, 3.63) is 69.2 Å². The molecule has 3 aromatic rings. The van der Waals surface area contributed by atoms with Crippen LogP contribution >= 0.6 is 11.6 Å². The second kappa shape index (κ2) is 9.07. The number of nitrogens with one attached hydrogen (secondary N) is 2. The highest BCUT2D eigenvalue weighted by molar-refractivity contribution is 7.92. The average Bonchev–Trinajstić information content (AvgIpc) is 2.73. The number of carbonyl (C=O) groups excluding carboxylic acids is 1. The van der Waals surface area contributed by atoms with Gasteiger partial charge in [0.05, 0.1) is 10.6 Å². The van der Waals surface area contributed by atoms with Crippen LogP contribution in [0.3, 0.4) is 0 Å². The van der Waals surface area contributed by atoms with E-state index >= 15 is 0 Å². The maximum atomic E-state index is 14.2. The number of sulfonamides is 1. The topological polar surface area (TPSA) is 99.3 Å². The molecule has 31 heavy (non-hydrogen) atoms. The number of hydrogen-bond donors (Lipinski definition) is 2. The molecular weight excluding hydrogens is 445 g/mol. The summed E-state index contributed by atoms with van der Waals surface area (Å²) in [6.45, 7) is 2.41. The first kappa shape index (κ1) is 22.8. The summed E-state index contributed by atoms with van der Waals surface area (Å²) in [7, 11) is -2.99. The highest BCUT2D eigenvalue weighted by Gasteiger charge is 2.25. The number of fused-ring (bicyclic) bond motifs is 1. The van der Waals surface area contributed by atoms with E-state index in [0.29, 0.717) is 12.1 Å². The third-order valence-electron chi connectivity index (χ3n) is 4.82. The predicted octanol–water partition coefficient (Wildman–Crippen LogP) is 3.68. The molecular formula is C21H21ClFN3O4S. The number of benzene rings is 2. The Morgan fingerprint density at radius 1 is 1.23 bits per heavy atom. The lowest BCUT2D eigenvalue weighted by molar-refractivity contribution is 0.0952. The van der Waals surface area contributed by atoms with E-state index < -0.39 is 27.2 Å². The summed E-state index contributed by atoms with van der Waals surface area (Å²) >= 11 is 5.74. The number of anilines is 1. The predicted molar refractivity (Wildman–Crippen MR) is 119 cm³/mol. The lowest BCUT2D eigenvalue weighted by atomic mass is 10.1. The van der Waals surface area contributed by atoms with E-state index in [0.717, 1.165) is 23.2 Å². The van der Waals surface area contributed by atoms with Crippen molar-refractivity contribution in [1.29, 1.82) is 0 Å². The van der Waals surface area contributed by atoms with Crippen LogP contribution in [0.2, 0.25) is 5.02 Å². The lowest BCUT2D eigenvalue weighted by Gasteiger charge is -2.20. The number of amides is 1. The van der Waals surface area contributed by atoms with E-state index in [1.54, 1.807) is 0 Å². The number of aromatic amines is 1. The lowest BCUT2D eigenvalue weighted by Crippen LogP contribution is -2.30. The zero-order valence-corrected chi connectivity index (χ0v) is 18.5. The van der Waals surface area contributed by atoms with Crippen LogP contribution < -0.4 is 15.1 Å². The van der Waals surface area contributed by atoms with Crippen LogP contribution in [0.25, 0.3) is 10.9 Å². The minimum absolute atomic E-state index is 0.0363. The van der Waals surface area contributed by atoms with Gasteiger partial charge in [0.2, 0.25) is 5.43 Å². The van der Waals surface area contributed by atoms with Crippen LogP contribution in [0, 0.1) is 5.82 Å². The number of rotatable bonds is 7. The molecule has 1 amide bonds. The fraction of sp³-hybridized carbons (Fsp3) is 0.238. The Bertz CT molecular complexity index is 1310. The largest absolute Gasteiger partial charge is 0.360 e. The summed E-state index contributed by atoms with van der Waals surface area (Å²) in [5.41, 5.74) is -0.535. The van der Waals surface area contributed by atoms with Crippen molar-refractivity contribution >= 4 is 44.1 Å². The van der Waals surface area contributed by atoms with Crippen molar-refractivity contribution in [2.75, 3.05) is 17.9 Å². The minimum atomic E-state index is -4.19. The fourth-order valence-electron chi connectivity index (χ4n) is 3.02. The molecule has 0 fully saturated rings. The van der Waals surface area contributed by atoms with Gasteiger partial charge in [-0.05, 0) is 42.8 Å². The Morgan fingerprint density at radius 2 is 1.97 bits per heavy atom. The highest BCUT2D eigenvalue weighted by Crippen LogP contribution is 2.27. The summed E-state index contributed by atoms with van der Waals surface area (Å²) in [6.07, 6.45) is 2.96. The zero-order chi connectivity index (χ0) is 22.8. The number of hydrogen-bond acceptors (Lipinski definition) is 4. The van der Waals surface area contributed by atoms with E-state index in [-0.39, 0.29) is 26.6 Å². The molecule has 3 rings (SSSR count). The zero-order valence-electron chi connectivity index (χ0n) is 16.9. The molecule has 0 radical (unpaired) electrons. The maximum absolute atomic E-state index is 14.2. The van der Waals surface area contributed by atoms with Gasteiger partial charge in [0.25, 0.3) is 15.9 Å². The van der Waals surface area contributed by atoms with Crippen molar-refractivity contribution in [1.82, 2.24) is 10.3 Å². The SMILES string of the molecule is CCCCNC(=O)c1c[nH]c2ccc(S(=O)(=O)N(C)c3ccc(Cl)cc3F)cc2c1=O. The van der Waals surface area contributed by atoms with Gasteiger partial charge in [-0.3, -0.25) is 13.9 Å². The van der Waals surface area contributed by atoms with Gasteiger partial charge in [-0.1, -0.05) is 24.9 Å². The highest BCUT2D eigenvalue weighted by atomic mass is 35.5. The van der Waals surface area contributed by atoms with E-state index in [1.807, 2.05) is 6.92 Å². The number of halogens is 2.